The minimum Gasteiger partial charge on any atom is -0.352 e. The van der Waals surface area contributed by atoms with Gasteiger partial charge in [0.05, 0.1) is 10.6 Å². The molecule has 1 N–H and O–H groups in total. The van der Waals surface area contributed by atoms with Gasteiger partial charge in [0.25, 0.3) is 5.91 Å². The number of rotatable bonds is 3. The molecule has 4 heteroatoms. The van der Waals surface area contributed by atoms with Crippen molar-refractivity contribution >= 4 is 29.1 Å². The molecule has 1 aliphatic carbocycles. The second kappa shape index (κ2) is 10.9. The smallest absolute Gasteiger partial charge is 0.252 e. The summed E-state index contributed by atoms with van der Waals surface area (Å²) < 4.78 is 0. The maximum absolute atomic E-state index is 12.2. The van der Waals surface area contributed by atoms with Crippen molar-refractivity contribution in [2.24, 2.45) is 5.92 Å². The summed E-state index contributed by atoms with van der Waals surface area (Å²) in [6, 6.07) is 4.97. The van der Waals surface area contributed by atoms with Crippen molar-refractivity contribution in [1.82, 2.24) is 5.32 Å². The highest BCUT2D eigenvalue weighted by Gasteiger charge is 2.15. The first-order chi connectivity index (χ1) is 9.66. The Hall–Kier alpha value is -0.730. The van der Waals surface area contributed by atoms with Gasteiger partial charge in [0, 0.05) is 11.6 Å². The molecule has 1 aromatic carbocycles. The third kappa shape index (κ3) is 6.58. The Balaban J connectivity index is 0.00000220. The van der Waals surface area contributed by atoms with E-state index in [0.717, 1.165) is 6.54 Å². The van der Waals surface area contributed by atoms with E-state index in [-0.39, 0.29) is 20.8 Å². The lowest BCUT2D eigenvalue weighted by Crippen LogP contribution is -2.29. The molecule has 0 spiro atoms. The Morgan fingerprint density at radius 1 is 1.05 bits per heavy atom. The quantitative estimate of drug-likeness (QED) is 0.678. The Bertz CT molecular complexity index is 454. The lowest BCUT2D eigenvalue weighted by Gasteiger charge is -2.20. The fourth-order valence-electron chi connectivity index (χ4n) is 2.75. The molecule has 0 bridgehead atoms. The molecular weight excluding hydrogens is 317 g/mol. The van der Waals surface area contributed by atoms with Gasteiger partial charge in [0.2, 0.25) is 0 Å². The summed E-state index contributed by atoms with van der Waals surface area (Å²) in [6.07, 6.45) is 8.98. The van der Waals surface area contributed by atoms with E-state index in [1.165, 1.54) is 44.9 Å². The van der Waals surface area contributed by atoms with Gasteiger partial charge in [-0.2, -0.15) is 0 Å². The van der Waals surface area contributed by atoms with E-state index in [1.54, 1.807) is 18.2 Å². The van der Waals surface area contributed by atoms with Gasteiger partial charge in [0.15, 0.2) is 0 Å². The van der Waals surface area contributed by atoms with E-state index in [0.29, 0.717) is 21.5 Å². The molecule has 1 saturated carbocycles. The van der Waals surface area contributed by atoms with Gasteiger partial charge in [0.1, 0.15) is 0 Å². The summed E-state index contributed by atoms with van der Waals surface area (Å²) >= 11 is 12.0. The normalized spacial score (nSPS) is 15.7. The Morgan fingerprint density at radius 3 is 2.27 bits per heavy atom. The van der Waals surface area contributed by atoms with Crippen molar-refractivity contribution in [2.75, 3.05) is 6.54 Å². The second-order valence-electron chi connectivity index (χ2n) is 5.55. The minimum absolute atomic E-state index is 0. The van der Waals surface area contributed by atoms with Crippen LogP contribution >= 0.6 is 23.2 Å². The molecule has 0 saturated heterocycles. The molecule has 22 heavy (non-hydrogen) atoms. The Kier molecular flexibility index (Phi) is 10.5. The van der Waals surface area contributed by atoms with Crippen molar-refractivity contribution in [3.05, 3.63) is 33.8 Å². The second-order valence-corrected chi connectivity index (χ2v) is 6.39. The van der Waals surface area contributed by atoms with Crippen LogP contribution in [0.2, 0.25) is 10.0 Å². The standard InChI is InChI=1S/C16H21Cl2NO.2CH4/c17-13-8-9-15(18)14(10-13)16(20)19-11-12-6-4-2-1-3-5-7-12;;/h8-10,12H,1-7,11H2,(H,19,20);2*1H4. The maximum Gasteiger partial charge on any atom is 0.252 e. The van der Waals surface area contributed by atoms with Crippen molar-refractivity contribution in [2.45, 2.75) is 59.8 Å². The zero-order chi connectivity index (χ0) is 14.4. The molecule has 0 unspecified atom stereocenters. The van der Waals surface area contributed by atoms with E-state index in [2.05, 4.69) is 5.32 Å². The first kappa shape index (κ1) is 21.3. The van der Waals surface area contributed by atoms with Gasteiger partial charge in [-0.05, 0) is 37.0 Å². The van der Waals surface area contributed by atoms with Gasteiger partial charge in [-0.15, -0.1) is 0 Å². The fraction of sp³-hybridized carbons (Fsp3) is 0.611. The van der Waals surface area contributed by atoms with E-state index in [1.807, 2.05) is 0 Å². The number of hydrogen-bond acceptors (Lipinski definition) is 1. The summed E-state index contributed by atoms with van der Waals surface area (Å²) in [5.41, 5.74) is 0.463. The van der Waals surface area contributed by atoms with Crippen LogP contribution in [0.1, 0.15) is 70.2 Å². The topological polar surface area (TPSA) is 29.1 Å². The van der Waals surface area contributed by atoms with Crippen LogP contribution in [-0.4, -0.2) is 12.5 Å². The van der Waals surface area contributed by atoms with Gasteiger partial charge >= 0.3 is 0 Å². The van der Waals surface area contributed by atoms with E-state index in [4.69, 9.17) is 23.2 Å². The first-order valence-corrected chi connectivity index (χ1v) is 8.15. The molecule has 0 heterocycles. The number of benzene rings is 1. The molecule has 2 rings (SSSR count). The number of hydrogen-bond donors (Lipinski definition) is 1. The van der Waals surface area contributed by atoms with Gasteiger partial charge in [-0.1, -0.05) is 70.2 Å². The average molecular weight is 346 g/mol. The largest absolute Gasteiger partial charge is 0.352 e. The fourth-order valence-corrected chi connectivity index (χ4v) is 3.12. The van der Waals surface area contributed by atoms with E-state index >= 15 is 0 Å². The highest BCUT2D eigenvalue weighted by Crippen LogP contribution is 2.23. The molecule has 1 aromatic rings. The molecule has 0 atom stereocenters. The number of carbonyl (C=O) groups excluding carboxylic acids is 1. The first-order valence-electron chi connectivity index (χ1n) is 7.40. The van der Waals surface area contributed by atoms with Crippen molar-refractivity contribution < 1.29 is 4.79 Å². The number of halogens is 2. The summed E-state index contributed by atoms with van der Waals surface area (Å²) in [4.78, 5) is 12.2. The highest BCUT2D eigenvalue weighted by molar-refractivity contribution is 6.35. The van der Waals surface area contributed by atoms with Crippen LogP contribution < -0.4 is 5.32 Å². The van der Waals surface area contributed by atoms with E-state index in [9.17, 15) is 4.79 Å². The van der Waals surface area contributed by atoms with Crippen LogP contribution in [0.4, 0.5) is 0 Å². The zero-order valence-electron chi connectivity index (χ0n) is 11.6. The van der Waals surface area contributed by atoms with Crippen LogP contribution in [0, 0.1) is 5.92 Å². The van der Waals surface area contributed by atoms with Crippen molar-refractivity contribution in [3.63, 3.8) is 0 Å². The number of nitrogens with one attached hydrogen (secondary N) is 1. The molecular formula is C18H29Cl2NO. The summed E-state index contributed by atoms with van der Waals surface area (Å²) in [7, 11) is 0. The average Bonchev–Trinajstić information content (AvgIpc) is 2.40. The third-order valence-electron chi connectivity index (χ3n) is 3.95. The van der Waals surface area contributed by atoms with Crippen LogP contribution in [0.5, 0.6) is 0 Å². The highest BCUT2D eigenvalue weighted by atomic mass is 35.5. The predicted octanol–water partition coefficient (Wildman–Crippen LogP) is 6.36. The number of amides is 1. The SMILES string of the molecule is C.C.O=C(NCC1CCCCCCC1)c1cc(Cl)ccc1Cl. The molecule has 1 aliphatic rings. The van der Waals surface area contributed by atoms with Crippen LogP contribution in [0.3, 0.4) is 0 Å². The van der Waals surface area contributed by atoms with Crippen LogP contribution in [0.15, 0.2) is 18.2 Å². The van der Waals surface area contributed by atoms with Crippen molar-refractivity contribution in [1.29, 1.82) is 0 Å². The van der Waals surface area contributed by atoms with Gasteiger partial charge < -0.3 is 5.32 Å². The molecule has 2 nitrogen and oxygen atoms in total. The predicted molar refractivity (Wildman–Crippen MR) is 98.1 cm³/mol. The molecule has 126 valence electrons. The monoisotopic (exact) mass is 345 g/mol. The summed E-state index contributed by atoms with van der Waals surface area (Å²) in [5.74, 6) is 0.469. The summed E-state index contributed by atoms with van der Waals surface area (Å²) in [6.45, 7) is 0.738. The minimum atomic E-state index is -0.125. The lowest BCUT2D eigenvalue weighted by molar-refractivity contribution is 0.0945. The van der Waals surface area contributed by atoms with Crippen LogP contribution in [0.25, 0.3) is 0 Å². The summed E-state index contributed by atoms with van der Waals surface area (Å²) in [5, 5.41) is 3.98. The lowest BCUT2D eigenvalue weighted by atomic mass is 9.91. The Morgan fingerprint density at radius 2 is 1.64 bits per heavy atom. The van der Waals surface area contributed by atoms with Gasteiger partial charge in [-0.25, -0.2) is 0 Å². The van der Waals surface area contributed by atoms with E-state index < -0.39 is 0 Å². The molecule has 1 fully saturated rings. The molecule has 0 aromatic heterocycles. The van der Waals surface area contributed by atoms with Crippen molar-refractivity contribution in [3.8, 4) is 0 Å². The molecule has 0 aliphatic heterocycles. The molecule has 0 radical (unpaired) electrons. The number of carbonyl (C=O) groups is 1. The Labute approximate surface area is 145 Å². The van der Waals surface area contributed by atoms with Gasteiger partial charge in [-0.3, -0.25) is 4.79 Å². The maximum atomic E-state index is 12.2. The van der Waals surface area contributed by atoms with Crippen LogP contribution in [-0.2, 0) is 0 Å². The molecule has 1 amide bonds. The zero-order valence-corrected chi connectivity index (χ0v) is 13.1. The third-order valence-corrected chi connectivity index (χ3v) is 4.51.